The number of carbonyl (C=O) groups is 1. The number of hydrogen-bond acceptors (Lipinski definition) is 3. The van der Waals surface area contributed by atoms with Crippen LogP contribution < -0.4 is 0 Å². The van der Waals surface area contributed by atoms with E-state index in [0.29, 0.717) is 10.5 Å². The average molecular weight is 339 g/mol. The van der Waals surface area contributed by atoms with Crippen LogP contribution in [0.15, 0.2) is 38.5 Å². The fourth-order valence-corrected chi connectivity index (χ4v) is 3.29. The van der Waals surface area contributed by atoms with E-state index in [-0.39, 0.29) is 17.4 Å². The summed E-state index contributed by atoms with van der Waals surface area (Å²) in [5.41, 5.74) is 1.14. The van der Waals surface area contributed by atoms with E-state index < -0.39 is 0 Å². The Morgan fingerprint density at radius 3 is 2.79 bits per heavy atom. The fourth-order valence-electron chi connectivity index (χ4n) is 1.96. The third-order valence-electron chi connectivity index (χ3n) is 2.90. The topological polar surface area (TPSA) is 30.2 Å². The van der Waals surface area contributed by atoms with Gasteiger partial charge in [0.05, 0.1) is 8.66 Å². The molecule has 3 rings (SSSR count). The third kappa shape index (κ3) is 2.13. The minimum Gasteiger partial charge on any atom is -0.452 e. The molecule has 0 bridgehead atoms. The van der Waals surface area contributed by atoms with Crippen LogP contribution in [0.4, 0.5) is 4.39 Å². The van der Waals surface area contributed by atoms with Crippen molar-refractivity contribution in [3.05, 3.63) is 56.1 Å². The summed E-state index contributed by atoms with van der Waals surface area (Å²) in [5.74, 6) is -0.279. The summed E-state index contributed by atoms with van der Waals surface area (Å²) >= 11 is 4.67. The highest BCUT2D eigenvalue weighted by atomic mass is 79.9. The number of fused-ring (bicyclic) bond motifs is 1. The Labute approximate surface area is 121 Å². The van der Waals surface area contributed by atoms with E-state index in [1.807, 2.05) is 6.07 Å². The van der Waals surface area contributed by atoms with E-state index in [2.05, 4.69) is 15.9 Å². The largest absolute Gasteiger partial charge is 0.452 e. The van der Waals surface area contributed by atoms with Crippen LogP contribution in [-0.2, 0) is 0 Å². The molecule has 0 N–H and O–H groups in total. The van der Waals surface area contributed by atoms with E-state index in [0.717, 1.165) is 14.7 Å². The molecule has 0 amide bonds. The maximum atomic E-state index is 13.2. The average Bonchev–Trinajstić information content (AvgIpc) is 2.93. The van der Waals surface area contributed by atoms with Crippen LogP contribution in [0, 0.1) is 12.7 Å². The summed E-state index contributed by atoms with van der Waals surface area (Å²) in [4.78, 5) is 12.9. The monoisotopic (exact) mass is 338 g/mol. The van der Waals surface area contributed by atoms with Gasteiger partial charge in [0, 0.05) is 17.0 Å². The maximum Gasteiger partial charge on any atom is 0.238 e. The highest BCUT2D eigenvalue weighted by molar-refractivity contribution is 9.11. The van der Waals surface area contributed by atoms with Gasteiger partial charge in [-0.3, -0.25) is 4.79 Å². The van der Waals surface area contributed by atoms with Crippen molar-refractivity contribution in [2.75, 3.05) is 0 Å². The van der Waals surface area contributed by atoms with Crippen LogP contribution in [0.2, 0.25) is 0 Å². The van der Waals surface area contributed by atoms with Gasteiger partial charge in [0.25, 0.3) is 0 Å². The molecule has 96 valence electrons. The van der Waals surface area contributed by atoms with Gasteiger partial charge in [-0.15, -0.1) is 11.3 Å². The molecule has 0 atom stereocenters. The zero-order chi connectivity index (χ0) is 13.6. The lowest BCUT2D eigenvalue weighted by molar-refractivity contribution is 0.101. The fraction of sp³-hybridized carbons (Fsp3) is 0.0714. The summed E-state index contributed by atoms with van der Waals surface area (Å²) < 4.78 is 19.5. The second-order valence-corrected chi connectivity index (χ2v) is 6.59. The van der Waals surface area contributed by atoms with Crippen molar-refractivity contribution in [3.63, 3.8) is 0 Å². The number of halogens is 2. The number of hydrogen-bond donors (Lipinski definition) is 0. The molecule has 0 unspecified atom stereocenters. The number of rotatable bonds is 2. The smallest absolute Gasteiger partial charge is 0.238 e. The van der Waals surface area contributed by atoms with E-state index in [4.69, 9.17) is 4.42 Å². The molecule has 5 heteroatoms. The predicted molar refractivity (Wildman–Crippen MR) is 76.4 cm³/mol. The molecule has 0 aliphatic heterocycles. The van der Waals surface area contributed by atoms with Crippen LogP contribution in [-0.4, -0.2) is 5.78 Å². The van der Waals surface area contributed by atoms with Gasteiger partial charge >= 0.3 is 0 Å². The Morgan fingerprint density at radius 1 is 1.32 bits per heavy atom. The van der Waals surface area contributed by atoms with Crippen molar-refractivity contribution in [1.29, 1.82) is 0 Å². The highest BCUT2D eigenvalue weighted by Gasteiger charge is 2.20. The van der Waals surface area contributed by atoms with Crippen molar-refractivity contribution in [2.45, 2.75) is 6.92 Å². The molecule has 0 radical (unpaired) electrons. The summed E-state index contributed by atoms with van der Waals surface area (Å²) in [6.45, 7) is 1.81. The number of aryl methyl sites for hydroxylation is 1. The molecule has 0 spiro atoms. The van der Waals surface area contributed by atoms with Crippen molar-refractivity contribution in [3.8, 4) is 0 Å². The van der Waals surface area contributed by atoms with Crippen LogP contribution >= 0.6 is 27.3 Å². The SMILES string of the molecule is Cc1c(C(=O)c2ccc(Br)s2)oc2cc(F)ccc12. The van der Waals surface area contributed by atoms with Gasteiger partial charge in [-0.2, -0.15) is 0 Å². The summed E-state index contributed by atoms with van der Waals surface area (Å²) in [5, 5.41) is 0.764. The number of furan rings is 1. The Kier molecular flexibility index (Phi) is 3.03. The molecule has 0 saturated carbocycles. The van der Waals surface area contributed by atoms with Crippen LogP contribution in [0.3, 0.4) is 0 Å². The van der Waals surface area contributed by atoms with Crippen molar-refractivity contribution >= 4 is 44.0 Å². The lowest BCUT2D eigenvalue weighted by atomic mass is 10.1. The first-order valence-corrected chi connectivity index (χ1v) is 7.16. The van der Waals surface area contributed by atoms with Crippen molar-refractivity contribution < 1.29 is 13.6 Å². The second kappa shape index (κ2) is 4.58. The van der Waals surface area contributed by atoms with Gasteiger partial charge in [0.15, 0.2) is 5.76 Å². The van der Waals surface area contributed by atoms with E-state index >= 15 is 0 Å². The molecule has 0 aliphatic rings. The minimum atomic E-state index is -0.376. The molecule has 2 aromatic heterocycles. The predicted octanol–water partition coefficient (Wildman–Crippen LogP) is 4.94. The molecule has 1 aromatic carbocycles. The Hall–Kier alpha value is -1.46. The lowest BCUT2D eigenvalue weighted by Crippen LogP contribution is -1.98. The van der Waals surface area contributed by atoms with Gasteiger partial charge in [-0.25, -0.2) is 4.39 Å². The van der Waals surface area contributed by atoms with Gasteiger partial charge in [-0.05, 0) is 47.1 Å². The molecular formula is C14H8BrFO2S. The molecule has 2 heterocycles. The number of thiophene rings is 1. The lowest BCUT2D eigenvalue weighted by Gasteiger charge is -1.94. The van der Waals surface area contributed by atoms with Gasteiger partial charge in [-0.1, -0.05) is 0 Å². The minimum absolute atomic E-state index is 0.176. The summed E-state index contributed by atoms with van der Waals surface area (Å²) in [7, 11) is 0. The first kappa shape index (κ1) is 12.6. The number of ketones is 1. The highest BCUT2D eigenvalue weighted by Crippen LogP contribution is 2.30. The van der Waals surface area contributed by atoms with Crippen LogP contribution in [0.5, 0.6) is 0 Å². The Morgan fingerprint density at radius 2 is 2.11 bits per heavy atom. The summed E-state index contributed by atoms with van der Waals surface area (Å²) in [6, 6.07) is 7.84. The molecule has 3 aromatic rings. The first-order valence-electron chi connectivity index (χ1n) is 5.55. The zero-order valence-electron chi connectivity index (χ0n) is 9.87. The second-order valence-electron chi connectivity index (χ2n) is 4.13. The van der Waals surface area contributed by atoms with E-state index in [9.17, 15) is 9.18 Å². The quantitative estimate of drug-likeness (QED) is 0.620. The normalized spacial score (nSPS) is 11.1. The summed E-state index contributed by atoms with van der Waals surface area (Å²) in [6.07, 6.45) is 0. The first-order chi connectivity index (χ1) is 9.06. The zero-order valence-corrected chi connectivity index (χ0v) is 12.3. The van der Waals surface area contributed by atoms with Gasteiger partial charge in [0.2, 0.25) is 5.78 Å². The maximum absolute atomic E-state index is 13.2. The molecular weight excluding hydrogens is 331 g/mol. The van der Waals surface area contributed by atoms with E-state index in [1.54, 1.807) is 19.1 Å². The number of carbonyl (C=O) groups excluding carboxylic acids is 1. The molecule has 0 fully saturated rings. The van der Waals surface area contributed by atoms with Gasteiger partial charge in [0.1, 0.15) is 11.4 Å². The Balaban J connectivity index is 2.15. The molecule has 19 heavy (non-hydrogen) atoms. The molecule has 0 aliphatic carbocycles. The number of benzene rings is 1. The molecule has 0 saturated heterocycles. The van der Waals surface area contributed by atoms with Crippen LogP contribution in [0.25, 0.3) is 11.0 Å². The van der Waals surface area contributed by atoms with E-state index in [1.165, 1.54) is 23.5 Å². The molecule has 2 nitrogen and oxygen atoms in total. The standard InChI is InChI=1S/C14H8BrFO2S/c1-7-9-3-2-8(16)6-10(9)18-14(7)13(17)11-4-5-12(15)19-11/h2-6H,1H3. The van der Waals surface area contributed by atoms with Crippen molar-refractivity contribution in [1.82, 2.24) is 0 Å². The van der Waals surface area contributed by atoms with Crippen molar-refractivity contribution in [2.24, 2.45) is 0 Å². The van der Waals surface area contributed by atoms with Crippen LogP contribution in [0.1, 0.15) is 21.0 Å². The Bertz CT molecular complexity index is 788. The van der Waals surface area contributed by atoms with Gasteiger partial charge < -0.3 is 4.42 Å². The third-order valence-corrected chi connectivity index (χ3v) is 4.53.